The van der Waals surface area contributed by atoms with Crippen LogP contribution in [0.1, 0.15) is 0 Å². The van der Waals surface area contributed by atoms with Crippen LogP contribution in [-0.2, 0) is 13.8 Å². The van der Waals surface area contributed by atoms with E-state index in [-0.39, 0.29) is 0 Å². The van der Waals surface area contributed by atoms with Gasteiger partial charge in [-0.1, -0.05) is 6.58 Å². The second kappa shape index (κ2) is 2.96. The van der Waals surface area contributed by atoms with Crippen LogP contribution in [0.2, 0.25) is 0 Å². The molecule has 0 aromatic carbocycles. The Morgan fingerprint density at radius 2 is 1.88 bits per heavy atom. The van der Waals surface area contributed by atoms with Gasteiger partial charge in [0.05, 0.1) is 0 Å². The molecule has 8 heavy (non-hydrogen) atoms. The molecular formula is C2H7N2O3P. The third-order valence-corrected chi connectivity index (χ3v) is 1.55. The molecule has 0 heterocycles. The smallest absolute Gasteiger partial charge is 0.252 e. The minimum Gasteiger partial charge on any atom is -0.252 e. The van der Waals surface area contributed by atoms with Gasteiger partial charge in [0.25, 0.3) is 0 Å². The van der Waals surface area contributed by atoms with Gasteiger partial charge >= 0.3 is 7.60 Å². The van der Waals surface area contributed by atoms with Crippen molar-refractivity contribution < 1.29 is 13.8 Å². The van der Waals surface area contributed by atoms with Crippen LogP contribution in [0.15, 0.2) is 12.4 Å². The standard InChI is InChI=1S/C2H7N2O3P/c1-2-8(5,6-3)7-4/h2H,1,3-4H2. The predicted molar refractivity (Wildman–Crippen MR) is 28.3 cm³/mol. The third kappa shape index (κ3) is 1.73. The fourth-order valence-corrected chi connectivity index (χ4v) is 0.333. The molecule has 0 saturated carbocycles. The maximum absolute atomic E-state index is 10.5. The Bertz CT molecular complexity index is 116. The molecule has 0 amide bonds. The molecule has 0 saturated heterocycles. The van der Waals surface area contributed by atoms with Gasteiger partial charge in [0, 0.05) is 5.82 Å². The van der Waals surface area contributed by atoms with Crippen molar-refractivity contribution >= 4 is 7.60 Å². The van der Waals surface area contributed by atoms with E-state index in [4.69, 9.17) is 0 Å². The van der Waals surface area contributed by atoms with Crippen LogP contribution in [0, 0.1) is 0 Å². The first-order chi connectivity index (χ1) is 3.68. The summed E-state index contributed by atoms with van der Waals surface area (Å²) in [6, 6.07) is 0. The SMILES string of the molecule is C=CP(=O)(ON)ON. The third-order valence-electron chi connectivity index (χ3n) is 0.517. The van der Waals surface area contributed by atoms with Crippen LogP contribution < -0.4 is 11.8 Å². The van der Waals surface area contributed by atoms with E-state index in [0.29, 0.717) is 0 Å². The average Bonchev–Trinajstić information content (AvgIpc) is 1.87. The first kappa shape index (κ1) is 7.81. The monoisotopic (exact) mass is 138 g/mol. The molecule has 0 aliphatic rings. The molecule has 5 nitrogen and oxygen atoms in total. The second-order valence-electron chi connectivity index (χ2n) is 0.933. The lowest BCUT2D eigenvalue weighted by atomic mass is 11.3. The molecule has 0 fully saturated rings. The number of hydrogen-bond donors (Lipinski definition) is 2. The molecule has 0 aromatic rings. The fraction of sp³-hybridized carbons (Fsp3) is 0. The van der Waals surface area contributed by atoms with Crippen molar-refractivity contribution in [3.05, 3.63) is 12.4 Å². The zero-order chi connectivity index (χ0) is 6.62. The molecule has 0 spiro atoms. The van der Waals surface area contributed by atoms with Crippen LogP contribution in [0.5, 0.6) is 0 Å². The van der Waals surface area contributed by atoms with Gasteiger partial charge in [-0.25, -0.2) is 21.0 Å². The van der Waals surface area contributed by atoms with Crippen LogP contribution in [0.4, 0.5) is 0 Å². The van der Waals surface area contributed by atoms with E-state index in [9.17, 15) is 4.57 Å². The summed E-state index contributed by atoms with van der Waals surface area (Å²) in [7, 11) is -3.34. The van der Waals surface area contributed by atoms with E-state index in [1.54, 1.807) is 0 Å². The summed E-state index contributed by atoms with van der Waals surface area (Å²) < 4.78 is 18.2. The normalized spacial score (nSPS) is 11.2. The maximum Gasteiger partial charge on any atom is 0.385 e. The molecule has 0 rings (SSSR count). The molecule has 48 valence electrons. The molecule has 0 aliphatic carbocycles. The Morgan fingerprint density at radius 1 is 1.50 bits per heavy atom. The van der Waals surface area contributed by atoms with E-state index >= 15 is 0 Å². The van der Waals surface area contributed by atoms with E-state index < -0.39 is 7.60 Å². The molecule has 6 heteroatoms. The molecule has 0 bridgehead atoms. The Morgan fingerprint density at radius 3 is 1.88 bits per heavy atom. The molecule has 0 aromatic heterocycles. The summed E-state index contributed by atoms with van der Waals surface area (Å²) in [6.07, 6.45) is 0. The largest absolute Gasteiger partial charge is 0.385 e. The summed E-state index contributed by atoms with van der Waals surface area (Å²) in [5.41, 5.74) is 0. The zero-order valence-corrected chi connectivity index (χ0v) is 5.01. The van der Waals surface area contributed by atoms with Gasteiger partial charge in [0.1, 0.15) is 0 Å². The van der Waals surface area contributed by atoms with E-state index in [1.165, 1.54) is 0 Å². The zero-order valence-electron chi connectivity index (χ0n) is 4.11. The number of hydrogen-bond acceptors (Lipinski definition) is 5. The highest BCUT2D eigenvalue weighted by atomic mass is 31.2. The Hall–Kier alpha value is -0.190. The Labute approximate surface area is 46.7 Å². The fourth-order valence-electron chi connectivity index (χ4n) is 0.111. The topological polar surface area (TPSA) is 87.6 Å². The highest BCUT2D eigenvalue weighted by Gasteiger charge is 2.15. The highest BCUT2D eigenvalue weighted by molar-refractivity contribution is 7.57. The minimum atomic E-state index is -3.34. The lowest BCUT2D eigenvalue weighted by Crippen LogP contribution is -2.02. The summed E-state index contributed by atoms with van der Waals surface area (Å²) >= 11 is 0. The lowest BCUT2D eigenvalue weighted by molar-refractivity contribution is 0.220. The molecule has 0 aliphatic heterocycles. The van der Waals surface area contributed by atoms with Crippen molar-refractivity contribution in [3.8, 4) is 0 Å². The van der Waals surface area contributed by atoms with Gasteiger partial charge in [-0.2, -0.15) is 0 Å². The van der Waals surface area contributed by atoms with Gasteiger partial charge in [0.15, 0.2) is 0 Å². The van der Waals surface area contributed by atoms with Crippen LogP contribution in [0.3, 0.4) is 0 Å². The van der Waals surface area contributed by atoms with Gasteiger partial charge in [-0.3, -0.25) is 4.57 Å². The minimum absolute atomic E-state index is 0.910. The summed E-state index contributed by atoms with van der Waals surface area (Å²) in [6.45, 7) is 3.10. The summed E-state index contributed by atoms with van der Waals surface area (Å²) in [4.78, 5) is 0. The summed E-state index contributed by atoms with van der Waals surface area (Å²) in [5, 5.41) is 0. The number of nitrogens with two attached hydrogens (primary N) is 2. The average molecular weight is 138 g/mol. The van der Waals surface area contributed by atoms with Crippen molar-refractivity contribution in [1.29, 1.82) is 0 Å². The Kier molecular flexibility index (Phi) is 2.89. The van der Waals surface area contributed by atoms with Crippen LogP contribution in [-0.4, -0.2) is 0 Å². The summed E-state index contributed by atoms with van der Waals surface area (Å²) in [5.74, 6) is 9.89. The van der Waals surface area contributed by atoms with E-state index in [2.05, 4.69) is 27.6 Å². The maximum atomic E-state index is 10.5. The van der Waals surface area contributed by atoms with Gasteiger partial charge in [-0.05, 0) is 0 Å². The van der Waals surface area contributed by atoms with Crippen molar-refractivity contribution in [2.24, 2.45) is 11.8 Å². The van der Waals surface area contributed by atoms with Gasteiger partial charge in [0.2, 0.25) is 0 Å². The first-order valence-electron chi connectivity index (χ1n) is 1.69. The van der Waals surface area contributed by atoms with Crippen molar-refractivity contribution in [1.82, 2.24) is 0 Å². The molecule has 0 radical (unpaired) electrons. The lowest BCUT2D eigenvalue weighted by Gasteiger charge is -2.03. The van der Waals surface area contributed by atoms with Crippen molar-refractivity contribution in [2.45, 2.75) is 0 Å². The molecular weight excluding hydrogens is 131 g/mol. The number of rotatable bonds is 3. The van der Waals surface area contributed by atoms with Gasteiger partial charge < -0.3 is 0 Å². The second-order valence-corrected chi connectivity index (χ2v) is 2.80. The van der Waals surface area contributed by atoms with E-state index in [0.717, 1.165) is 5.82 Å². The molecule has 0 atom stereocenters. The highest BCUT2D eigenvalue weighted by Crippen LogP contribution is 2.44. The first-order valence-corrected chi connectivity index (χ1v) is 3.30. The van der Waals surface area contributed by atoms with Crippen molar-refractivity contribution in [2.75, 3.05) is 0 Å². The molecule has 4 N–H and O–H groups in total. The van der Waals surface area contributed by atoms with Crippen LogP contribution in [0.25, 0.3) is 0 Å². The van der Waals surface area contributed by atoms with E-state index in [1.807, 2.05) is 0 Å². The van der Waals surface area contributed by atoms with Crippen molar-refractivity contribution in [3.63, 3.8) is 0 Å². The predicted octanol–water partition coefficient (Wildman–Crippen LogP) is 0.104. The van der Waals surface area contributed by atoms with Crippen LogP contribution >= 0.6 is 7.60 Å². The van der Waals surface area contributed by atoms with Gasteiger partial charge in [-0.15, -0.1) is 0 Å². The Balaban J connectivity index is 3.99. The quantitative estimate of drug-likeness (QED) is 0.426. The molecule has 0 unspecified atom stereocenters.